The summed E-state index contributed by atoms with van der Waals surface area (Å²) >= 11 is 0. The first-order chi connectivity index (χ1) is 35.0. The third-order valence-electron chi connectivity index (χ3n) is 13.6. The highest BCUT2D eigenvalue weighted by molar-refractivity contribution is 6.26. The molecule has 9 aromatic carbocycles. The summed E-state index contributed by atoms with van der Waals surface area (Å²) in [6, 6.07) is 53.5. The lowest BCUT2D eigenvalue weighted by Gasteiger charge is -2.19. The average molecular weight is 956 g/mol. The molecule has 0 radical (unpaired) electrons. The quantitative estimate of drug-likeness (QED) is 0.161. The van der Waals surface area contributed by atoms with E-state index in [1.54, 1.807) is 30.3 Å². The lowest BCUT2D eigenvalue weighted by atomic mass is 10.0. The highest BCUT2D eigenvalue weighted by Crippen LogP contribution is 2.46. The van der Waals surface area contributed by atoms with E-state index in [0.29, 0.717) is 50.0 Å². The molecule has 346 valence electrons. The molecule has 0 atom stereocenters. The van der Waals surface area contributed by atoms with Crippen LogP contribution in [-0.2, 0) is 12.4 Å². The van der Waals surface area contributed by atoms with E-state index in [1.165, 1.54) is 12.1 Å². The van der Waals surface area contributed by atoms with Crippen LogP contribution in [0.4, 0.5) is 26.3 Å². The Labute approximate surface area is 402 Å². The fraction of sp³-hybridized carbons (Fsp3) is 0.0339. The van der Waals surface area contributed by atoms with E-state index in [0.717, 1.165) is 67.4 Å². The van der Waals surface area contributed by atoms with Gasteiger partial charge in [-0.05, 0) is 84.9 Å². The molecule has 0 bridgehead atoms. The molecule has 0 N–H and O–H groups in total. The van der Waals surface area contributed by atoms with Gasteiger partial charge in [0, 0.05) is 49.0 Å². The summed E-state index contributed by atoms with van der Waals surface area (Å²) in [6.45, 7) is 0. The number of nitrogens with zero attached hydrogens (tertiary/aromatic N) is 5. The van der Waals surface area contributed by atoms with Crippen molar-refractivity contribution in [1.29, 1.82) is 0 Å². The molecule has 14 rings (SSSR count). The summed E-state index contributed by atoms with van der Waals surface area (Å²) < 4.78 is 107. The van der Waals surface area contributed by atoms with E-state index >= 15 is 26.3 Å². The summed E-state index contributed by atoms with van der Waals surface area (Å²) in [6.07, 6.45) is -9.62. The molecule has 0 aliphatic heterocycles. The predicted octanol–water partition coefficient (Wildman–Crippen LogP) is 16.9. The zero-order valence-corrected chi connectivity index (χ0v) is 37.2. The normalized spacial score (nSPS) is 12.6. The van der Waals surface area contributed by atoms with Crippen molar-refractivity contribution >= 4 is 87.5 Å². The number of para-hydroxylation sites is 4. The predicted molar refractivity (Wildman–Crippen MR) is 269 cm³/mol. The standard InChI is InChI=1S/C59H31F6N5O2/c60-58(61,62)33-22-26-45(69-43-18-8-4-14-35(43)37-24-28-49-51(53(37)69)39-16-6-10-20-47(39)71-49)41(30-33)56-66-55(32-12-2-1-3-13-32)67-57(68-56)42-31-34(59(63,64)65)23-27-46(42)70-44-19-9-5-15-36(44)38-25-29-50-52(54(38)70)40-17-7-11-21-48(40)72-50/h1-31H. The Morgan fingerprint density at radius 2 is 0.750 bits per heavy atom. The van der Waals surface area contributed by atoms with Crippen LogP contribution in [0.2, 0.25) is 0 Å². The molecule has 0 aliphatic carbocycles. The van der Waals surface area contributed by atoms with Crippen LogP contribution in [0.5, 0.6) is 0 Å². The minimum atomic E-state index is -4.81. The molecule has 0 spiro atoms. The molecule has 5 heterocycles. The van der Waals surface area contributed by atoms with Crippen molar-refractivity contribution in [3.63, 3.8) is 0 Å². The fourth-order valence-corrected chi connectivity index (χ4v) is 10.5. The van der Waals surface area contributed by atoms with E-state index in [-0.39, 0.29) is 40.0 Å². The van der Waals surface area contributed by atoms with Crippen LogP contribution in [-0.4, -0.2) is 24.1 Å². The van der Waals surface area contributed by atoms with Gasteiger partial charge in [0.2, 0.25) is 0 Å². The molecule has 7 nitrogen and oxygen atoms in total. The molecule has 0 aliphatic rings. The molecule has 0 fully saturated rings. The zero-order chi connectivity index (χ0) is 48.6. The number of furan rings is 2. The highest BCUT2D eigenvalue weighted by atomic mass is 19.4. The molecule has 14 aromatic rings. The van der Waals surface area contributed by atoms with Gasteiger partial charge in [0.1, 0.15) is 22.3 Å². The largest absolute Gasteiger partial charge is 0.456 e. The number of hydrogen-bond acceptors (Lipinski definition) is 5. The van der Waals surface area contributed by atoms with Crippen LogP contribution in [0.25, 0.3) is 133 Å². The van der Waals surface area contributed by atoms with Crippen molar-refractivity contribution < 1.29 is 35.2 Å². The summed E-state index contributed by atoms with van der Waals surface area (Å²) in [5.41, 5.74) is 4.04. The van der Waals surface area contributed by atoms with Crippen molar-refractivity contribution in [3.05, 3.63) is 199 Å². The summed E-state index contributed by atoms with van der Waals surface area (Å²) in [5.74, 6) is -0.383. The minimum Gasteiger partial charge on any atom is -0.456 e. The molecule has 0 amide bonds. The zero-order valence-electron chi connectivity index (χ0n) is 37.2. The molecule has 13 heteroatoms. The summed E-state index contributed by atoms with van der Waals surface area (Å²) in [7, 11) is 0. The van der Waals surface area contributed by atoms with Crippen LogP contribution in [0.3, 0.4) is 0 Å². The van der Waals surface area contributed by atoms with Crippen molar-refractivity contribution in [2.45, 2.75) is 12.4 Å². The second-order valence-electron chi connectivity index (χ2n) is 17.7. The van der Waals surface area contributed by atoms with Crippen molar-refractivity contribution in [1.82, 2.24) is 24.1 Å². The van der Waals surface area contributed by atoms with E-state index in [4.69, 9.17) is 23.8 Å². The molecule has 72 heavy (non-hydrogen) atoms. The number of hydrogen-bond donors (Lipinski definition) is 0. The number of aromatic nitrogens is 5. The molecule has 0 unspecified atom stereocenters. The van der Waals surface area contributed by atoms with E-state index in [1.807, 2.05) is 130 Å². The van der Waals surface area contributed by atoms with Gasteiger partial charge in [0.15, 0.2) is 17.5 Å². The molecular weight excluding hydrogens is 925 g/mol. The topological polar surface area (TPSA) is 74.8 Å². The number of benzene rings is 9. The Hall–Kier alpha value is -9.23. The van der Waals surface area contributed by atoms with E-state index in [2.05, 4.69) is 0 Å². The highest BCUT2D eigenvalue weighted by Gasteiger charge is 2.35. The van der Waals surface area contributed by atoms with Crippen LogP contribution >= 0.6 is 0 Å². The number of alkyl halides is 6. The lowest BCUT2D eigenvalue weighted by Crippen LogP contribution is -2.10. The maximum atomic E-state index is 15.1. The average Bonchev–Trinajstić information content (AvgIpc) is 4.15. The first-order valence-electron chi connectivity index (χ1n) is 22.9. The van der Waals surface area contributed by atoms with Gasteiger partial charge in [0.05, 0.1) is 55.3 Å². The summed E-state index contributed by atoms with van der Waals surface area (Å²) in [5, 5.41) is 6.36. The van der Waals surface area contributed by atoms with E-state index in [9.17, 15) is 0 Å². The van der Waals surface area contributed by atoms with E-state index < -0.39 is 23.5 Å². The Bertz CT molecular complexity index is 4300. The first kappa shape index (κ1) is 41.7. The number of fused-ring (bicyclic) bond motifs is 14. The fourth-order valence-electron chi connectivity index (χ4n) is 10.5. The van der Waals surface area contributed by atoms with Gasteiger partial charge in [-0.2, -0.15) is 26.3 Å². The lowest BCUT2D eigenvalue weighted by molar-refractivity contribution is -0.138. The maximum absolute atomic E-state index is 15.1. The van der Waals surface area contributed by atoms with Gasteiger partial charge < -0.3 is 18.0 Å². The smallest absolute Gasteiger partial charge is 0.416 e. The van der Waals surface area contributed by atoms with Crippen LogP contribution in [0.1, 0.15) is 11.1 Å². The first-order valence-corrected chi connectivity index (χ1v) is 22.9. The molecule has 5 aromatic heterocycles. The van der Waals surface area contributed by atoms with Gasteiger partial charge in [0.25, 0.3) is 0 Å². The third-order valence-corrected chi connectivity index (χ3v) is 13.6. The summed E-state index contributed by atoms with van der Waals surface area (Å²) in [4.78, 5) is 14.8. The van der Waals surface area contributed by atoms with Crippen molar-refractivity contribution in [2.24, 2.45) is 0 Å². The second kappa shape index (κ2) is 15.1. The Balaban J connectivity index is 1.11. The number of rotatable bonds is 5. The minimum absolute atomic E-state index is 0.0261. The van der Waals surface area contributed by atoms with Gasteiger partial charge in [-0.25, -0.2) is 15.0 Å². The number of halogens is 6. The maximum Gasteiger partial charge on any atom is 0.416 e. The van der Waals surface area contributed by atoms with Gasteiger partial charge in [-0.1, -0.05) is 103 Å². The Morgan fingerprint density at radius 3 is 1.21 bits per heavy atom. The van der Waals surface area contributed by atoms with Crippen LogP contribution in [0.15, 0.2) is 197 Å². The second-order valence-corrected chi connectivity index (χ2v) is 17.7. The van der Waals surface area contributed by atoms with Gasteiger partial charge >= 0.3 is 12.4 Å². The van der Waals surface area contributed by atoms with Gasteiger partial charge in [-0.15, -0.1) is 0 Å². The van der Waals surface area contributed by atoms with Crippen LogP contribution < -0.4 is 0 Å². The van der Waals surface area contributed by atoms with Crippen molar-refractivity contribution in [2.75, 3.05) is 0 Å². The molecular formula is C59H31F6N5O2. The molecule has 0 saturated heterocycles. The van der Waals surface area contributed by atoms with Crippen LogP contribution in [0, 0.1) is 0 Å². The third kappa shape index (κ3) is 6.22. The molecule has 0 saturated carbocycles. The Kier molecular flexibility index (Phi) is 8.77. The van der Waals surface area contributed by atoms with Crippen molar-refractivity contribution in [3.8, 4) is 45.5 Å². The monoisotopic (exact) mass is 955 g/mol. The Morgan fingerprint density at radius 1 is 0.347 bits per heavy atom. The SMILES string of the molecule is FC(F)(F)c1ccc(-n2c3ccccc3c3ccc4oc5ccccc5c4c32)c(-c2nc(-c3ccccc3)nc(-c3cc(C(F)(F)F)ccc3-n3c4ccccc4c4ccc5oc6ccccc6c5c43)n2)c1. The van der Waals surface area contributed by atoms with Gasteiger partial charge in [-0.3, -0.25) is 0 Å².